The van der Waals surface area contributed by atoms with Crippen molar-refractivity contribution in [2.75, 3.05) is 0 Å². The Balaban J connectivity index is 0. The molecule has 0 unspecified atom stereocenters. The molecule has 4 heteroatoms. The quantitative estimate of drug-likeness (QED) is 0.266. The van der Waals surface area contributed by atoms with Gasteiger partial charge in [-0.15, -0.1) is 0 Å². The highest BCUT2D eigenvalue weighted by atomic mass is 128. The molecule has 0 saturated heterocycles. The van der Waals surface area contributed by atoms with Gasteiger partial charge in [0, 0.05) is 48.8 Å². The van der Waals surface area contributed by atoms with Crippen LogP contribution in [0, 0.1) is 27.7 Å². The Kier molecular flexibility index (Phi) is 18.7. The summed E-state index contributed by atoms with van der Waals surface area (Å²) in [6.45, 7) is 20.6. The van der Waals surface area contributed by atoms with Crippen LogP contribution < -0.4 is 4.74 Å². The predicted molar refractivity (Wildman–Crippen MR) is 149 cm³/mol. The van der Waals surface area contributed by atoms with Crippen LogP contribution in [-0.2, 0) is 0 Å². The van der Waals surface area contributed by atoms with Crippen LogP contribution in [0.2, 0.25) is 0 Å². The van der Waals surface area contributed by atoms with E-state index in [4.69, 9.17) is 4.74 Å². The van der Waals surface area contributed by atoms with E-state index in [-0.39, 0.29) is 0 Å². The van der Waals surface area contributed by atoms with Gasteiger partial charge in [0.1, 0.15) is 11.5 Å². The van der Waals surface area contributed by atoms with E-state index in [1.54, 1.807) is 0 Å². The van der Waals surface area contributed by atoms with Crippen LogP contribution in [0.15, 0.2) is 42.6 Å². The normalized spacial score (nSPS) is 8.69. The maximum atomic E-state index is 6.08. The summed E-state index contributed by atoms with van der Waals surface area (Å²) in [5.74, 6) is 1.72. The van der Waals surface area contributed by atoms with Crippen molar-refractivity contribution >= 4 is 48.1 Å². The standard InChI is InChI=1S/C19H19NO.3C2H6.I2/c1-12-13(2)15(4)19-18(14(12)3)17(10-11-20-19)21-16-8-6-5-7-9-16;4*1-2/h5-11H,1-4H3;3*1-2H3;. The van der Waals surface area contributed by atoms with Crippen LogP contribution >= 0.6 is 37.2 Å². The number of pyridine rings is 1. The van der Waals surface area contributed by atoms with Gasteiger partial charge >= 0.3 is 0 Å². The molecule has 0 fully saturated rings. The molecule has 162 valence electrons. The van der Waals surface area contributed by atoms with E-state index in [0.717, 1.165) is 22.4 Å². The number of fused-ring (bicyclic) bond motifs is 1. The van der Waals surface area contributed by atoms with Gasteiger partial charge in [-0.3, -0.25) is 4.98 Å². The van der Waals surface area contributed by atoms with Crippen molar-refractivity contribution in [3.63, 3.8) is 0 Å². The lowest BCUT2D eigenvalue weighted by Gasteiger charge is -2.16. The SMILES string of the molecule is CC.CC.CC.Cc1c(C)c(C)c2c(Oc3ccccc3)ccnc2c1C.II. The highest BCUT2D eigenvalue weighted by molar-refractivity contribution is 15.0. The first-order valence-corrected chi connectivity index (χ1v) is 16.6. The summed E-state index contributed by atoms with van der Waals surface area (Å²) >= 11 is 4.24. The molecule has 0 aliphatic carbocycles. The van der Waals surface area contributed by atoms with Crippen molar-refractivity contribution in [3.05, 3.63) is 64.8 Å². The lowest BCUT2D eigenvalue weighted by molar-refractivity contribution is 0.487. The van der Waals surface area contributed by atoms with Crippen molar-refractivity contribution in [1.29, 1.82) is 0 Å². The minimum atomic E-state index is 0.847. The molecule has 2 nitrogen and oxygen atoms in total. The molecule has 0 N–H and O–H groups in total. The van der Waals surface area contributed by atoms with Crippen LogP contribution in [0.1, 0.15) is 63.8 Å². The number of nitrogens with zero attached hydrogens (tertiary/aromatic N) is 1. The molecular formula is C25H37I2NO. The topological polar surface area (TPSA) is 22.1 Å². The molecule has 2 aromatic carbocycles. The second-order valence-corrected chi connectivity index (χ2v) is 5.45. The van der Waals surface area contributed by atoms with Crippen molar-refractivity contribution in [3.8, 4) is 11.5 Å². The third-order valence-electron chi connectivity index (χ3n) is 4.30. The molecule has 0 atom stereocenters. The molecule has 0 spiro atoms. The zero-order valence-corrected chi connectivity index (χ0v) is 24.0. The summed E-state index contributed by atoms with van der Waals surface area (Å²) in [7, 11) is 0. The van der Waals surface area contributed by atoms with E-state index in [9.17, 15) is 0 Å². The van der Waals surface area contributed by atoms with Crippen LogP contribution in [0.4, 0.5) is 0 Å². The first kappa shape index (κ1) is 30.3. The number of rotatable bonds is 2. The van der Waals surface area contributed by atoms with Gasteiger partial charge in [-0.2, -0.15) is 0 Å². The van der Waals surface area contributed by atoms with Crippen LogP contribution in [0.5, 0.6) is 11.5 Å². The van der Waals surface area contributed by atoms with Crippen molar-refractivity contribution in [2.45, 2.75) is 69.2 Å². The number of para-hydroxylation sites is 1. The molecule has 0 saturated carbocycles. The third-order valence-corrected chi connectivity index (χ3v) is 4.30. The van der Waals surface area contributed by atoms with Gasteiger partial charge in [0.25, 0.3) is 0 Å². The average Bonchev–Trinajstić information content (AvgIpc) is 2.82. The monoisotopic (exact) mass is 621 g/mol. The highest BCUT2D eigenvalue weighted by Crippen LogP contribution is 2.35. The number of ether oxygens (including phenoxy) is 1. The van der Waals surface area contributed by atoms with Gasteiger partial charge in [-0.1, -0.05) is 59.7 Å². The Bertz CT molecular complexity index is 818. The maximum absolute atomic E-state index is 6.08. The fourth-order valence-electron chi connectivity index (χ4n) is 2.72. The Hall–Kier alpha value is -0.890. The fourth-order valence-corrected chi connectivity index (χ4v) is 2.72. The van der Waals surface area contributed by atoms with Gasteiger partial charge in [0.05, 0.1) is 5.52 Å². The summed E-state index contributed by atoms with van der Waals surface area (Å²) in [4.78, 5) is 4.57. The summed E-state index contributed by atoms with van der Waals surface area (Å²) in [6.07, 6.45) is 1.82. The molecule has 3 rings (SSSR count). The number of aryl methyl sites for hydroxylation is 2. The van der Waals surface area contributed by atoms with Gasteiger partial charge < -0.3 is 4.74 Å². The largest absolute Gasteiger partial charge is 0.457 e. The molecular weight excluding hydrogens is 584 g/mol. The third kappa shape index (κ3) is 8.40. The van der Waals surface area contributed by atoms with Crippen molar-refractivity contribution in [2.24, 2.45) is 0 Å². The summed E-state index contributed by atoms with van der Waals surface area (Å²) < 4.78 is 6.08. The smallest absolute Gasteiger partial charge is 0.138 e. The Morgan fingerprint density at radius 3 is 1.66 bits per heavy atom. The second-order valence-electron chi connectivity index (χ2n) is 5.45. The molecule has 29 heavy (non-hydrogen) atoms. The van der Waals surface area contributed by atoms with Gasteiger partial charge in [0.15, 0.2) is 0 Å². The van der Waals surface area contributed by atoms with Crippen molar-refractivity contribution in [1.82, 2.24) is 4.98 Å². The minimum absolute atomic E-state index is 0.847. The number of benzene rings is 2. The fraction of sp³-hybridized carbons (Fsp3) is 0.400. The van der Waals surface area contributed by atoms with Crippen molar-refractivity contribution < 1.29 is 4.74 Å². The van der Waals surface area contributed by atoms with Crippen LogP contribution in [0.25, 0.3) is 10.9 Å². The lowest BCUT2D eigenvalue weighted by atomic mass is 9.94. The summed E-state index contributed by atoms with van der Waals surface area (Å²) in [5.41, 5.74) is 6.12. The van der Waals surface area contributed by atoms with E-state index in [0.29, 0.717) is 0 Å². The van der Waals surface area contributed by atoms with E-state index in [1.807, 2.05) is 84.1 Å². The average molecular weight is 621 g/mol. The first-order valence-electron chi connectivity index (χ1n) is 10.3. The molecule has 0 amide bonds. The first-order chi connectivity index (χ1) is 14.1. The molecule has 0 radical (unpaired) electrons. The Morgan fingerprint density at radius 1 is 0.655 bits per heavy atom. The Morgan fingerprint density at radius 2 is 1.14 bits per heavy atom. The number of hydrogen-bond acceptors (Lipinski definition) is 2. The van der Waals surface area contributed by atoms with Gasteiger partial charge in [-0.05, 0) is 68.1 Å². The van der Waals surface area contributed by atoms with Crippen LogP contribution in [0.3, 0.4) is 0 Å². The lowest BCUT2D eigenvalue weighted by Crippen LogP contribution is -1.97. The summed E-state index contributed by atoms with van der Waals surface area (Å²) in [5, 5.41) is 1.11. The van der Waals surface area contributed by atoms with Gasteiger partial charge in [-0.25, -0.2) is 0 Å². The minimum Gasteiger partial charge on any atom is -0.457 e. The highest BCUT2D eigenvalue weighted by Gasteiger charge is 2.14. The Labute approximate surface area is 202 Å². The molecule has 0 aliphatic rings. The van der Waals surface area contributed by atoms with Gasteiger partial charge in [0.2, 0.25) is 0 Å². The molecule has 1 aromatic heterocycles. The van der Waals surface area contributed by atoms with E-state index in [2.05, 4.69) is 69.9 Å². The zero-order chi connectivity index (χ0) is 23.0. The molecule has 1 heterocycles. The maximum Gasteiger partial charge on any atom is 0.138 e. The van der Waals surface area contributed by atoms with E-state index in [1.165, 1.54) is 22.3 Å². The number of hydrogen-bond donors (Lipinski definition) is 0. The molecule has 3 aromatic rings. The molecule has 0 bridgehead atoms. The van der Waals surface area contributed by atoms with E-state index >= 15 is 0 Å². The number of halogens is 2. The van der Waals surface area contributed by atoms with E-state index < -0.39 is 0 Å². The molecule has 0 aliphatic heterocycles. The second kappa shape index (κ2) is 17.9. The predicted octanol–water partition coefficient (Wildman–Crippen LogP) is 10.1. The van der Waals surface area contributed by atoms with Crippen LogP contribution in [-0.4, -0.2) is 4.98 Å². The zero-order valence-electron chi connectivity index (χ0n) is 19.7. The number of aromatic nitrogens is 1. The summed E-state index contributed by atoms with van der Waals surface area (Å²) in [6, 6.07) is 11.8.